The van der Waals surface area contributed by atoms with E-state index in [4.69, 9.17) is 4.74 Å². The highest BCUT2D eigenvalue weighted by molar-refractivity contribution is 5.82. The number of rotatable bonds is 6. The zero-order valence-corrected chi connectivity index (χ0v) is 15.9. The number of hydrogen-bond donors (Lipinski definition) is 1. The van der Waals surface area contributed by atoms with Crippen LogP contribution in [0.5, 0.6) is 0 Å². The largest absolute Gasteiger partial charge is 0.449 e. The van der Waals surface area contributed by atoms with E-state index in [-0.39, 0.29) is 12.5 Å². The third-order valence-corrected chi connectivity index (χ3v) is 5.13. The van der Waals surface area contributed by atoms with Gasteiger partial charge < -0.3 is 10.1 Å². The molecule has 0 spiro atoms. The van der Waals surface area contributed by atoms with Gasteiger partial charge in [0.25, 0.3) is 0 Å². The Kier molecular flexibility index (Phi) is 5.52. The number of carbonyl (C=O) groups excluding carboxylic acids is 2. The van der Waals surface area contributed by atoms with Crippen LogP contribution in [0.1, 0.15) is 33.0 Å². The second kappa shape index (κ2) is 8.57. The van der Waals surface area contributed by atoms with Crippen LogP contribution in [-0.2, 0) is 4.74 Å². The molecule has 0 aliphatic heterocycles. The number of carbonyl (C=O) groups is 2. The molecule has 1 N–H and O–H groups in total. The third-order valence-electron chi connectivity index (χ3n) is 5.13. The highest BCUT2D eigenvalue weighted by Crippen LogP contribution is 2.44. The Morgan fingerprint density at radius 1 is 0.862 bits per heavy atom. The van der Waals surface area contributed by atoms with Crippen molar-refractivity contribution >= 4 is 18.5 Å². The lowest BCUT2D eigenvalue weighted by Gasteiger charge is -2.14. The van der Waals surface area contributed by atoms with Gasteiger partial charge in [0.1, 0.15) is 6.61 Å². The molecule has 4 rings (SSSR count). The summed E-state index contributed by atoms with van der Waals surface area (Å²) in [7, 11) is 0. The number of aldehydes is 1. The Morgan fingerprint density at radius 3 is 2.10 bits per heavy atom. The predicted molar refractivity (Wildman–Crippen MR) is 114 cm³/mol. The third kappa shape index (κ3) is 3.97. The molecule has 3 aromatic carbocycles. The van der Waals surface area contributed by atoms with Crippen LogP contribution >= 0.6 is 0 Å². The quantitative estimate of drug-likeness (QED) is 0.606. The van der Waals surface area contributed by atoms with E-state index in [1.807, 2.05) is 48.5 Å². The van der Waals surface area contributed by atoms with Crippen molar-refractivity contribution in [1.29, 1.82) is 0 Å². The molecule has 1 aliphatic rings. The zero-order valence-electron chi connectivity index (χ0n) is 15.9. The van der Waals surface area contributed by atoms with Crippen LogP contribution in [0.4, 0.5) is 4.79 Å². The highest BCUT2D eigenvalue weighted by atomic mass is 16.5. The average molecular weight is 383 g/mol. The number of alkyl carbamates (subject to hydrolysis) is 1. The number of hydrogen-bond acceptors (Lipinski definition) is 3. The van der Waals surface area contributed by atoms with E-state index in [9.17, 15) is 9.59 Å². The van der Waals surface area contributed by atoms with Crippen LogP contribution in [0.3, 0.4) is 0 Å². The fraction of sp³-hybridized carbons (Fsp3) is 0.120. The van der Waals surface area contributed by atoms with Gasteiger partial charge in [-0.3, -0.25) is 4.79 Å². The van der Waals surface area contributed by atoms with Gasteiger partial charge in [0, 0.05) is 18.0 Å². The molecule has 0 saturated heterocycles. The minimum Gasteiger partial charge on any atom is -0.449 e. The SMILES string of the molecule is O=Cc1ccccc1C=CCNC(=O)OCC1c2ccccc2-c2ccccc21. The fourth-order valence-corrected chi connectivity index (χ4v) is 3.75. The maximum Gasteiger partial charge on any atom is 0.407 e. The summed E-state index contributed by atoms with van der Waals surface area (Å²) in [5.74, 6) is 0.0446. The molecule has 144 valence electrons. The normalized spacial score (nSPS) is 12.4. The summed E-state index contributed by atoms with van der Waals surface area (Å²) in [4.78, 5) is 23.2. The minimum atomic E-state index is -0.458. The molecule has 0 unspecified atom stereocenters. The van der Waals surface area contributed by atoms with E-state index in [1.165, 1.54) is 22.3 Å². The van der Waals surface area contributed by atoms with Crippen molar-refractivity contribution in [3.63, 3.8) is 0 Å². The number of amides is 1. The monoisotopic (exact) mass is 383 g/mol. The number of fused-ring (bicyclic) bond motifs is 3. The molecule has 4 heteroatoms. The highest BCUT2D eigenvalue weighted by Gasteiger charge is 2.28. The zero-order chi connectivity index (χ0) is 20.1. The molecular weight excluding hydrogens is 362 g/mol. The predicted octanol–water partition coefficient (Wildman–Crippen LogP) is 5.05. The van der Waals surface area contributed by atoms with Gasteiger partial charge in [-0.05, 0) is 27.8 Å². The van der Waals surface area contributed by atoms with E-state index >= 15 is 0 Å². The van der Waals surface area contributed by atoms with Gasteiger partial charge in [-0.25, -0.2) is 4.79 Å². The van der Waals surface area contributed by atoms with Crippen molar-refractivity contribution < 1.29 is 14.3 Å². The lowest BCUT2D eigenvalue weighted by molar-refractivity contribution is 0.112. The van der Waals surface area contributed by atoms with Gasteiger partial charge >= 0.3 is 6.09 Å². The molecular formula is C25H21NO3. The maximum absolute atomic E-state index is 12.1. The van der Waals surface area contributed by atoms with Gasteiger partial charge in [-0.1, -0.05) is 84.9 Å². The van der Waals surface area contributed by atoms with Crippen LogP contribution in [0, 0.1) is 0 Å². The summed E-state index contributed by atoms with van der Waals surface area (Å²) < 4.78 is 5.50. The summed E-state index contributed by atoms with van der Waals surface area (Å²) in [6.07, 6.45) is 3.97. The number of benzene rings is 3. The standard InChI is InChI=1S/C25H21NO3/c27-16-19-9-2-1-8-18(19)10-7-15-26-25(28)29-17-24-22-13-5-3-11-20(22)21-12-4-6-14-23(21)24/h1-14,16,24H,15,17H2,(H,26,28). The van der Waals surface area contributed by atoms with Crippen molar-refractivity contribution in [3.05, 3.63) is 101 Å². The molecule has 0 heterocycles. The molecule has 1 aliphatic carbocycles. The van der Waals surface area contributed by atoms with Gasteiger partial charge in [0.15, 0.2) is 6.29 Å². The maximum atomic E-state index is 12.1. The smallest absolute Gasteiger partial charge is 0.407 e. The molecule has 1 amide bonds. The molecule has 4 nitrogen and oxygen atoms in total. The Balaban J connectivity index is 1.34. The summed E-state index contributed by atoms with van der Waals surface area (Å²) in [5.41, 5.74) is 6.21. The summed E-state index contributed by atoms with van der Waals surface area (Å²) in [5, 5.41) is 2.73. The molecule has 29 heavy (non-hydrogen) atoms. The van der Waals surface area contributed by atoms with Gasteiger partial charge in [-0.15, -0.1) is 0 Å². The number of nitrogens with one attached hydrogen (secondary N) is 1. The van der Waals surface area contributed by atoms with E-state index in [2.05, 4.69) is 29.6 Å². The average Bonchev–Trinajstić information content (AvgIpc) is 3.09. The molecule has 0 aromatic heterocycles. The molecule has 0 bridgehead atoms. The van der Waals surface area contributed by atoms with E-state index in [1.54, 1.807) is 12.1 Å². The van der Waals surface area contributed by atoms with Gasteiger partial charge in [-0.2, -0.15) is 0 Å². The second-order valence-corrected chi connectivity index (χ2v) is 6.86. The van der Waals surface area contributed by atoms with E-state index < -0.39 is 6.09 Å². The first-order valence-corrected chi connectivity index (χ1v) is 9.57. The first kappa shape index (κ1) is 18.7. The Bertz CT molecular complexity index is 1030. The van der Waals surface area contributed by atoms with Crippen LogP contribution < -0.4 is 5.32 Å². The second-order valence-electron chi connectivity index (χ2n) is 6.86. The molecule has 0 fully saturated rings. The molecule has 3 aromatic rings. The number of ether oxygens (including phenoxy) is 1. The van der Waals surface area contributed by atoms with Crippen LogP contribution in [0.2, 0.25) is 0 Å². The lowest BCUT2D eigenvalue weighted by atomic mass is 9.98. The lowest BCUT2D eigenvalue weighted by Crippen LogP contribution is -2.26. The molecule has 0 saturated carbocycles. The van der Waals surface area contributed by atoms with E-state index in [0.29, 0.717) is 12.1 Å². The fourth-order valence-electron chi connectivity index (χ4n) is 3.75. The first-order chi connectivity index (χ1) is 14.3. The summed E-state index contributed by atoms with van der Waals surface area (Å²) in [6.45, 7) is 0.613. The first-order valence-electron chi connectivity index (χ1n) is 9.57. The van der Waals surface area contributed by atoms with Gasteiger partial charge in [0.05, 0.1) is 0 Å². The Labute approximate surface area is 169 Å². The Hall–Kier alpha value is -3.66. The minimum absolute atomic E-state index is 0.0446. The summed E-state index contributed by atoms with van der Waals surface area (Å²) >= 11 is 0. The molecule has 0 radical (unpaired) electrons. The van der Waals surface area contributed by atoms with Crippen LogP contribution in [-0.4, -0.2) is 25.5 Å². The molecule has 0 atom stereocenters. The van der Waals surface area contributed by atoms with Crippen molar-refractivity contribution in [2.45, 2.75) is 5.92 Å². The Morgan fingerprint density at radius 2 is 1.45 bits per heavy atom. The van der Waals surface area contributed by atoms with Crippen LogP contribution in [0.25, 0.3) is 17.2 Å². The van der Waals surface area contributed by atoms with Crippen LogP contribution in [0.15, 0.2) is 78.9 Å². The van der Waals surface area contributed by atoms with E-state index in [0.717, 1.165) is 11.8 Å². The van der Waals surface area contributed by atoms with Crippen molar-refractivity contribution in [2.75, 3.05) is 13.2 Å². The van der Waals surface area contributed by atoms with Crippen molar-refractivity contribution in [1.82, 2.24) is 5.32 Å². The topological polar surface area (TPSA) is 55.4 Å². The van der Waals surface area contributed by atoms with Gasteiger partial charge in [0.2, 0.25) is 0 Å². The van der Waals surface area contributed by atoms with Crippen molar-refractivity contribution in [2.24, 2.45) is 0 Å². The summed E-state index contributed by atoms with van der Waals surface area (Å²) in [6, 6.07) is 23.8. The van der Waals surface area contributed by atoms with Crippen molar-refractivity contribution in [3.8, 4) is 11.1 Å².